The van der Waals surface area contributed by atoms with E-state index in [0.29, 0.717) is 5.11 Å². The lowest BCUT2D eigenvalue weighted by molar-refractivity contribution is 0.287. The van der Waals surface area contributed by atoms with Crippen molar-refractivity contribution in [2.45, 2.75) is 31.7 Å². The molecule has 0 bridgehead atoms. The highest BCUT2D eigenvalue weighted by atomic mass is 32.1. The van der Waals surface area contributed by atoms with E-state index in [1.165, 1.54) is 24.1 Å². The van der Waals surface area contributed by atoms with E-state index >= 15 is 0 Å². The monoisotopic (exact) mass is 249 g/mol. The number of thiocarbonyl (C=S) groups is 1. The minimum Gasteiger partial charge on any atom is -0.467 e. The van der Waals surface area contributed by atoms with E-state index in [4.69, 9.17) is 22.4 Å². The molecule has 3 N–H and O–H groups in total. The Labute approximate surface area is 105 Å². The van der Waals surface area contributed by atoms with E-state index in [0.717, 1.165) is 18.6 Å². The van der Waals surface area contributed by atoms with Crippen LogP contribution in [-0.4, -0.2) is 10.1 Å². The maximum Gasteiger partial charge on any atom is 0.186 e. The van der Waals surface area contributed by atoms with Crippen LogP contribution in [-0.2, 0) is 0 Å². The molecule has 0 aromatic carbocycles. The maximum atomic E-state index is 5.78. The molecule has 0 amide bonds. The van der Waals surface area contributed by atoms with Crippen LogP contribution in [0, 0.1) is 0 Å². The molecule has 1 aromatic rings. The first-order valence-corrected chi connectivity index (χ1v) is 6.29. The van der Waals surface area contributed by atoms with Gasteiger partial charge in [-0.15, -0.1) is 0 Å². The van der Waals surface area contributed by atoms with Crippen LogP contribution in [0.2, 0.25) is 0 Å². The molecule has 0 saturated heterocycles. The third kappa shape index (κ3) is 1.70. The third-order valence-electron chi connectivity index (χ3n) is 3.40. The highest BCUT2D eigenvalue weighted by Crippen LogP contribution is 2.41. The van der Waals surface area contributed by atoms with Gasteiger partial charge in [0.1, 0.15) is 11.8 Å². The molecule has 1 aliphatic carbocycles. The number of hydrogen-bond donors (Lipinski definition) is 2. The summed E-state index contributed by atoms with van der Waals surface area (Å²) in [4.78, 5) is 0. The summed E-state index contributed by atoms with van der Waals surface area (Å²) in [6.45, 7) is 0. The normalized spacial score (nSPS) is 23.5. The smallest absolute Gasteiger partial charge is 0.186 e. The van der Waals surface area contributed by atoms with Crippen LogP contribution in [0.1, 0.15) is 37.5 Å². The minimum absolute atomic E-state index is 0.0396. The summed E-state index contributed by atoms with van der Waals surface area (Å²) in [6, 6.07) is 3.91. The first-order valence-electron chi connectivity index (χ1n) is 5.88. The van der Waals surface area contributed by atoms with Gasteiger partial charge in [0.2, 0.25) is 0 Å². The predicted molar refractivity (Wildman–Crippen MR) is 68.7 cm³/mol. The molecular formula is C12H15N3OS. The predicted octanol–water partition coefficient (Wildman–Crippen LogP) is 2.21. The molecule has 0 saturated carbocycles. The van der Waals surface area contributed by atoms with Crippen LogP contribution in [0.25, 0.3) is 0 Å². The van der Waals surface area contributed by atoms with E-state index in [9.17, 15) is 0 Å². The van der Waals surface area contributed by atoms with Crippen LogP contribution >= 0.6 is 12.2 Å². The third-order valence-corrected chi connectivity index (χ3v) is 3.60. The van der Waals surface area contributed by atoms with E-state index < -0.39 is 0 Å². The zero-order chi connectivity index (χ0) is 11.8. The molecule has 5 heteroatoms. The summed E-state index contributed by atoms with van der Waals surface area (Å²) >= 11 is 5.10. The van der Waals surface area contributed by atoms with Crippen molar-refractivity contribution in [3.8, 4) is 0 Å². The summed E-state index contributed by atoms with van der Waals surface area (Å²) in [7, 11) is 0. The van der Waals surface area contributed by atoms with Crippen LogP contribution in [0.4, 0.5) is 0 Å². The quantitative estimate of drug-likeness (QED) is 0.747. The molecule has 0 fully saturated rings. The SMILES string of the molecule is NC(=S)N1NC2=C(CCCC2)C1c1ccco1. The lowest BCUT2D eigenvalue weighted by Gasteiger charge is -2.25. The molecular weight excluding hydrogens is 234 g/mol. The van der Waals surface area contributed by atoms with Gasteiger partial charge in [-0.2, -0.15) is 0 Å². The molecule has 1 aromatic heterocycles. The molecule has 1 unspecified atom stereocenters. The maximum absolute atomic E-state index is 5.78. The van der Waals surface area contributed by atoms with Crippen molar-refractivity contribution in [3.63, 3.8) is 0 Å². The Hall–Kier alpha value is -1.49. The van der Waals surface area contributed by atoms with Gasteiger partial charge in [0.15, 0.2) is 5.11 Å². The molecule has 0 spiro atoms. The second kappa shape index (κ2) is 4.07. The topological polar surface area (TPSA) is 54.4 Å². The van der Waals surface area contributed by atoms with Crippen LogP contribution in [0.15, 0.2) is 34.1 Å². The number of hydrazine groups is 1. The minimum atomic E-state index is 0.0396. The van der Waals surface area contributed by atoms with Crippen molar-refractivity contribution in [1.29, 1.82) is 0 Å². The Morgan fingerprint density at radius 3 is 3.00 bits per heavy atom. The number of nitrogens with two attached hydrogens (primary N) is 1. The zero-order valence-electron chi connectivity index (χ0n) is 9.48. The fourth-order valence-corrected chi connectivity index (χ4v) is 2.80. The van der Waals surface area contributed by atoms with Crippen molar-refractivity contribution in [3.05, 3.63) is 35.4 Å². The van der Waals surface area contributed by atoms with Crippen molar-refractivity contribution >= 4 is 17.3 Å². The van der Waals surface area contributed by atoms with Gasteiger partial charge in [-0.1, -0.05) is 0 Å². The first-order chi connectivity index (χ1) is 8.27. The number of hydrogen-bond acceptors (Lipinski definition) is 3. The Kier molecular flexibility index (Phi) is 2.55. The van der Waals surface area contributed by atoms with Crippen LogP contribution < -0.4 is 11.2 Å². The molecule has 2 heterocycles. The molecule has 1 aliphatic heterocycles. The van der Waals surface area contributed by atoms with Crippen LogP contribution in [0.5, 0.6) is 0 Å². The zero-order valence-corrected chi connectivity index (χ0v) is 10.3. The number of nitrogens with one attached hydrogen (secondary N) is 1. The van der Waals surface area contributed by atoms with Gasteiger partial charge in [-0.25, -0.2) is 5.01 Å². The number of allylic oxidation sites excluding steroid dienone is 1. The van der Waals surface area contributed by atoms with E-state index in [2.05, 4.69) is 5.43 Å². The number of rotatable bonds is 1. The fourth-order valence-electron chi connectivity index (χ4n) is 2.65. The average molecular weight is 249 g/mol. The fraction of sp³-hybridized carbons (Fsp3) is 0.417. The average Bonchev–Trinajstić information content (AvgIpc) is 2.94. The first kappa shape index (κ1) is 10.7. The molecule has 90 valence electrons. The second-order valence-electron chi connectivity index (χ2n) is 4.45. The van der Waals surface area contributed by atoms with Crippen molar-refractivity contribution < 1.29 is 4.42 Å². The second-order valence-corrected chi connectivity index (χ2v) is 4.87. The summed E-state index contributed by atoms with van der Waals surface area (Å²) in [6.07, 6.45) is 6.30. The van der Waals surface area contributed by atoms with Gasteiger partial charge < -0.3 is 10.2 Å². The number of nitrogens with zero attached hydrogens (tertiary/aromatic N) is 1. The summed E-state index contributed by atoms with van der Waals surface area (Å²) in [5.74, 6) is 0.900. The van der Waals surface area contributed by atoms with Gasteiger partial charge in [0, 0.05) is 5.70 Å². The van der Waals surface area contributed by atoms with E-state index in [1.807, 2.05) is 17.1 Å². The van der Waals surface area contributed by atoms with Crippen LogP contribution in [0.3, 0.4) is 0 Å². The standard InChI is InChI=1S/C12H15N3OS/c13-12(17)15-11(10-6-3-7-16-10)8-4-1-2-5-9(8)14-15/h3,6-7,11,14H,1-2,4-5H2,(H2,13,17). The largest absolute Gasteiger partial charge is 0.467 e. The Balaban J connectivity index is 2.00. The van der Waals surface area contributed by atoms with Gasteiger partial charge in [0.05, 0.1) is 6.26 Å². The summed E-state index contributed by atoms with van der Waals surface area (Å²) in [5, 5.41) is 2.20. The Bertz CT molecular complexity index is 466. The molecule has 2 aliphatic rings. The molecule has 3 rings (SSSR count). The Morgan fingerprint density at radius 1 is 1.47 bits per heavy atom. The van der Waals surface area contributed by atoms with Gasteiger partial charge in [0.25, 0.3) is 0 Å². The van der Waals surface area contributed by atoms with Gasteiger partial charge in [-0.05, 0) is 55.6 Å². The highest BCUT2D eigenvalue weighted by molar-refractivity contribution is 7.80. The van der Waals surface area contributed by atoms with Crippen molar-refractivity contribution in [2.75, 3.05) is 0 Å². The summed E-state index contributed by atoms with van der Waals surface area (Å²) in [5.41, 5.74) is 11.7. The molecule has 1 atom stereocenters. The Morgan fingerprint density at radius 2 is 2.29 bits per heavy atom. The molecule has 4 nitrogen and oxygen atoms in total. The van der Waals surface area contributed by atoms with Crippen molar-refractivity contribution in [2.24, 2.45) is 5.73 Å². The van der Waals surface area contributed by atoms with E-state index in [-0.39, 0.29) is 6.04 Å². The van der Waals surface area contributed by atoms with E-state index in [1.54, 1.807) is 6.26 Å². The summed E-state index contributed by atoms with van der Waals surface area (Å²) < 4.78 is 5.52. The molecule has 17 heavy (non-hydrogen) atoms. The molecule has 0 radical (unpaired) electrons. The van der Waals surface area contributed by atoms with Gasteiger partial charge in [-0.3, -0.25) is 5.43 Å². The highest BCUT2D eigenvalue weighted by Gasteiger charge is 2.37. The number of furan rings is 1. The van der Waals surface area contributed by atoms with Crippen molar-refractivity contribution in [1.82, 2.24) is 10.4 Å². The lowest BCUT2D eigenvalue weighted by Crippen LogP contribution is -2.43. The lowest BCUT2D eigenvalue weighted by atomic mass is 9.91. The van der Waals surface area contributed by atoms with Gasteiger partial charge >= 0.3 is 0 Å².